The van der Waals surface area contributed by atoms with Crippen LogP contribution in [0.4, 0.5) is 0 Å². The lowest BCUT2D eigenvalue weighted by Gasteiger charge is -2.51. The fourth-order valence-electron chi connectivity index (χ4n) is 3.25. The molecule has 0 amide bonds. The molecule has 2 rings (SSSR count). The predicted molar refractivity (Wildman–Crippen MR) is 67.7 cm³/mol. The highest BCUT2D eigenvalue weighted by Crippen LogP contribution is 2.40. The van der Waals surface area contributed by atoms with Crippen LogP contribution >= 0.6 is 0 Å². The maximum Gasteiger partial charge on any atom is 0.0547 e. The topological polar surface area (TPSA) is 12.5 Å². The Hall–Kier alpha value is -0.0800. The number of unbranched alkanes of at least 4 members (excludes halogenated alkanes) is 1. The van der Waals surface area contributed by atoms with Crippen molar-refractivity contribution in [3.8, 4) is 0 Å². The van der Waals surface area contributed by atoms with Crippen molar-refractivity contribution in [2.45, 2.75) is 58.4 Å². The molecule has 2 heteroatoms. The monoisotopic (exact) mass is 225 g/mol. The van der Waals surface area contributed by atoms with E-state index in [1.807, 2.05) is 0 Å². The van der Waals surface area contributed by atoms with Crippen LogP contribution in [0, 0.1) is 5.41 Å². The largest absolute Gasteiger partial charge is 0.381 e. The highest BCUT2D eigenvalue weighted by Gasteiger charge is 2.47. The van der Waals surface area contributed by atoms with Crippen molar-refractivity contribution in [1.82, 2.24) is 4.90 Å². The summed E-state index contributed by atoms with van der Waals surface area (Å²) in [5.74, 6) is 0. The van der Waals surface area contributed by atoms with Gasteiger partial charge < -0.3 is 4.74 Å². The molecule has 0 radical (unpaired) electrons. The molecule has 2 fully saturated rings. The molecule has 2 aliphatic rings. The molecule has 2 aliphatic heterocycles. The smallest absolute Gasteiger partial charge is 0.0547 e. The van der Waals surface area contributed by atoms with Crippen molar-refractivity contribution in [2.75, 3.05) is 26.3 Å². The van der Waals surface area contributed by atoms with E-state index in [9.17, 15) is 0 Å². The number of nitrogens with zero attached hydrogens (tertiary/aromatic N) is 1. The quantitative estimate of drug-likeness (QED) is 0.689. The van der Waals surface area contributed by atoms with Gasteiger partial charge in [0.25, 0.3) is 0 Å². The predicted octanol–water partition coefficient (Wildman–Crippen LogP) is 3.07. The molecule has 0 bridgehead atoms. The van der Waals surface area contributed by atoms with Gasteiger partial charge >= 0.3 is 0 Å². The zero-order chi connectivity index (χ0) is 11.4. The summed E-state index contributed by atoms with van der Waals surface area (Å²) in [5.41, 5.74) is 0.568. The third-order valence-electron chi connectivity index (χ3n) is 4.29. The van der Waals surface area contributed by atoms with E-state index < -0.39 is 0 Å². The minimum atomic E-state index is 0.568. The van der Waals surface area contributed by atoms with Gasteiger partial charge in [-0.05, 0) is 19.3 Å². The van der Waals surface area contributed by atoms with E-state index in [1.165, 1.54) is 51.6 Å². The van der Waals surface area contributed by atoms with Crippen LogP contribution in [0.5, 0.6) is 0 Å². The highest BCUT2D eigenvalue weighted by atomic mass is 16.5. The summed E-state index contributed by atoms with van der Waals surface area (Å²) < 4.78 is 5.54. The number of hydrogen-bond acceptors (Lipinski definition) is 2. The molecular weight excluding hydrogens is 198 g/mol. The van der Waals surface area contributed by atoms with Gasteiger partial charge in [-0.2, -0.15) is 0 Å². The van der Waals surface area contributed by atoms with E-state index >= 15 is 0 Å². The third kappa shape index (κ3) is 2.60. The standard InChI is InChI=1S/C14H27NO/c1-3-5-7-13(6-4-2)15-10-14(11-15)8-9-16-12-14/h13H,3-12H2,1-2H3. The van der Waals surface area contributed by atoms with Gasteiger partial charge in [-0.15, -0.1) is 0 Å². The highest BCUT2D eigenvalue weighted by molar-refractivity contribution is 4.99. The van der Waals surface area contributed by atoms with E-state index in [4.69, 9.17) is 4.74 Å². The summed E-state index contributed by atoms with van der Waals surface area (Å²) in [6, 6.07) is 0.858. The summed E-state index contributed by atoms with van der Waals surface area (Å²) in [6.45, 7) is 9.25. The second-order valence-corrected chi connectivity index (χ2v) is 5.79. The first-order valence-corrected chi connectivity index (χ1v) is 7.11. The van der Waals surface area contributed by atoms with Crippen molar-refractivity contribution in [1.29, 1.82) is 0 Å². The SMILES string of the molecule is CCCCC(CCC)N1CC2(CCOC2)C1. The Labute approximate surface area is 100 Å². The van der Waals surface area contributed by atoms with Crippen LogP contribution in [-0.4, -0.2) is 37.2 Å². The molecule has 16 heavy (non-hydrogen) atoms. The Morgan fingerprint density at radius 2 is 2.00 bits per heavy atom. The number of likely N-dealkylation sites (tertiary alicyclic amines) is 1. The lowest BCUT2D eigenvalue weighted by atomic mass is 9.77. The number of ether oxygens (including phenoxy) is 1. The molecule has 2 nitrogen and oxygen atoms in total. The van der Waals surface area contributed by atoms with Crippen LogP contribution in [0.3, 0.4) is 0 Å². The fraction of sp³-hybridized carbons (Fsp3) is 1.00. The summed E-state index contributed by atoms with van der Waals surface area (Å²) in [5, 5.41) is 0. The average molecular weight is 225 g/mol. The maximum absolute atomic E-state index is 5.54. The van der Waals surface area contributed by atoms with Gasteiger partial charge in [-0.1, -0.05) is 33.1 Å². The maximum atomic E-state index is 5.54. The van der Waals surface area contributed by atoms with E-state index in [-0.39, 0.29) is 0 Å². The summed E-state index contributed by atoms with van der Waals surface area (Å²) >= 11 is 0. The Morgan fingerprint density at radius 1 is 1.19 bits per heavy atom. The van der Waals surface area contributed by atoms with Gasteiger partial charge in [0, 0.05) is 31.2 Å². The average Bonchev–Trinajstić information content (AvgIpc) is 2.71. The molecular formula is C14H27NO. The molecule has 2 heterocycles. The zero-order valence-electron chi connectivity index (χ0n) is 11.0. The first-order chi connectivity index (χ1) is 7.79. The van der Waals surface area contributed by atoms with Crippen LogP contribution in [0.25, 0.3) is 0 Å². The number of hydrogen-bond donors (Lipinski definition) is 0. The Balaban J connectivity index is 1.77. The molecule has 0 aliphatic carbocycles. The van der Waals surface area contributed by atoms with Crippen LogP contribution in [-0.2, 0) is 4.74 Å². The van der Waals surface area contributed by atoms with Crippen LogP contribution in [0.15, 0.2) is 0 Å². The summed E-state index contributed by atoms with van der Waals surface area (Å²) in [4.78, 5) is 2.72. The van der Waals surface area contributed by atoms with Gasteiger partial charge in [0.15, 0.2) is 0 Å². The molecule has 1 unspecified atom stereocenters. The van der Waals surface area contributed by atoms with Crippen LogP contribution in [0.1, 0.15) is 52.4 Å². The van der Waals surface area contributed by atoms with Crippen molar-refractivity contribution in [3.63, 3.8) is 0 Å². The normalized spacial score (nSPS) is 25.9. The lowest BCUT2D eigenvalue weighted by molar-refractivity contribution is -0.0404. The van der Waals surface area contributed by atoms with E-state index in [0.717, 1.165) is 19.3 Å². The Kier molecular flexibility index (Phi) is 4.26. The summed E-state index contributed by atoms with van der Waals surface area (Å²) in [6.07, 6.45) is 8.15. The van der Waals surface area contributed by atoms with Crippen molar-refractivity contribution in [3.05, 3.63) is 0 Å². The van der Waals surface area contributed by atoms with E-state index in [2.05, 4.69) is 18.7 Å². The minimum Gasteiger partial charge on any atom is -0.381 e. The summed E-state index contributed by atoms with van der Waals surface area (Å²) in [7, 11) is 0. The second kappa shape index (κ2) is 5.50. The first-order valence-electron chi connectivity index (χ1n) is 7.11. The van der Waals surface area contributed by atoms with Crippen LogP contribution in [0.2, 0.25) is 0 Å². The molecule has 1 spiro atoms. The van der Waals surface area contributed by atoms with Gasteiger partial charge in [-0.3, -0.25) is 4.90 Å². The third-order valence-corrected chi connectivity index (χ3v) is 4.29. The molecule has 0 N–H and O–H groups in total. The Bertz CT molecular complexity index is 203. The van der Waals surface area contributed by atoms with Gasteiger partial charge in [0.05, 0.1) is 6.61 Å². The Morgan fingerprint density at radius 3 is 2.56 bits per heavy atom. The van der Waals surface area contributed by atoms with E-state index in [0.29, 0.717) is 5.41 Å². The van der Waals surface area contributed by atoms with Crippen molar-refractivity contribution < 1.29 is 4.74 Å². The van der Waals surface area contributed by atoms with Gasteiger partial charge in [0.1, 0.15) is 0 Å². The molecule has 0 saturated carbocycles. The minimum absolute atomic E-state index is 0.568. The van der Waals surface area contributed by atoms with Gasteiger partial charge in [-0.25, -0.2) is 0 Å². The molecule has 0 aromatic rings. The van der Waals surface area contributed by atoms with Crippen molar-refractivity contribution >= 4 is 0 Å². The van der Waals surface area contributed by atoms with Gasteiger partial charge in [0.2, 0.25) is 0 Å². The molecule has 2 saturated heterocycles. The molecule has 94 valence electrons. The fourth-order valence-corrected chi connectivity index (χ4v) is 3.25. The molecule has 1 atom stereocenters. The number of rotatable bonds is 6. The molecule has 0 aromatic carbocycles. The first kappa shape index (κ1) is 12.4. The van der Waals surface area contributed by atoms with E-state index in [1.54, 1.807) is 0 Å². The zero-order valence-corrected chi connectivity index (χ0v) is 11.0. The molecule has 0 aromatic heterocycles. The van der Waals surface area contributed by atoms with Crippen LogP contribution < -0.4 is 0 Å². The lowest BCUT2D eigenvalue weighted by Crippen LogP contribution is -2.60. The van der Waals surface area contributed by atoms with Crippen molar-refractivity contribution in [2.24, 2.45) is 5.41 Å². The second-order valence-electron chi connectivity index (χ2n) is 5.79.